The fourth-order valence-electron chi connectivity index (χ4n) is 4.30. The summed E-state index contributed by atoms with van der Waals surface area (Å²) in [6, 6.07) is 10.8. The smallest absolute Gasteiger partial charge is 0.230 e. The van der Waals surface area contributed by atoms with Gasteiger partial charge in [-0.2, -0.15) is 0 Å². The van der Waals surface area contributed by atoms with Gasteiger partial charge in [0.2, 0.25) is 5.91 Å². The van der Waals surface area contributed by atoms with Crippen LogP contribution in [-0.2, 0) is 10.2 Å². The van der Waals surface area contributed by atoms with E-state index in [2.05, 4.69) is 47.9 Å². The summed E-state index contributed by atoms with van der Waals surface area (Å²) in [5, 5.41) is 6.90. The maximum absolute atomic E-state index is 12.8. The molecule has 0 spiro atoms. The largest absolute Gasteiger partial charge is 0.357 e. The first kappa shape index (κ1) is 19.7. The van der Waals surface area contributed by atoms with Crippen LogP contribution in [0.5, 0.6) is 0 Å². The highest BCUT2D eigenvalue weighted by atomic mass is 16.2. The molecule has 1 amide bonds. The molecule has 0 aliphatic heterocycles. The van der Waals surface area contributed by atoms with Crippen LogP contribution in [0.3, 0.4) is 0 Å². The van der Waals surface area contributed by atoms with Gasteiger partial charge in [-0.15, -0.1) is 0 Å². The highest BCUT2D eigenvalue weighted by Crippen LogP contribution is 2.47. The molecule has 2 aliphatic rings. The van der Waals surface area contributed by atoms with E-state index in [1.165, 1.54) is 18.4 Å². The van der Waals surface area contributed by atoms with E-state index < -0.39 is 0 Å². The van der Waals surface area contributed by atoms with Gasteiger partial charge < -0.3 is 15.5 Å². The summed E-state index contributed by atoms with van der Waals surface area (Å²) in [4.78, 5) is 19.3. The maximum atomic E-state index is 12.8. The summed E-state index contributed by atoms with van der Waals surface area (Å²) >= 11 is 0. The Morgan fingerprint density at radius 1 is 1.07 bits per heavy atom. The van der Waals surface area contributed by atoms with Crippen LogP contribution in [0.15, 0.2) is 35.3 Å². The minimum absolute atomic E-state index is 0.225. The lowest BCUT2D eigenvalue weighted by Crippen LogP contribution is -2.44. The van der Waals surface area contributed by atoms with E-state index in [1.807, 2.05) is 14.1 Å². The molecule has 5 nitrogen and oxygen atoms in total. The van der Waals surface area contributed by atoms with Crippen molar-refractivity contribution in [3.8, 4) is 0 Å². The molecule has 3 rings (SSSR count). The molecule has 0 bridgehead atoms. The summed E-state index contributed by atoms with van der Waals surface area (Å²) in [6.07, 6.45) is 6.56. The number of hydrogen-bond donors (Lipinski definition) is 2. The van der Waals surface area contributed by atoms with E-state index >= 15 is 0 Å². The summed E-state index contributed by atoms with van der Waals surface area (Å²) < 4.78 is 0. The Balaban J connectivity index is 1.67. The molecule has 0 aromatic heterocycles. The molecule has 0 atom stereocenters. The van der Waals surface area contributed by atoms with Crippen molar-refractivity contribution in [2.45, 2.75) is 50.9 Å². The highest BCUT2D eigenvalue weighted by molar-refractivity contribution is 5.84. The second-order valence-electron chi connectivity index (χ2n) is 8.38. The Labute approximate surface area is 163 Å². The molecule has 2 fully saturated rings. The number of carbonyl (C=O) groups is 1. The Morgan fingerprint density at radius 3 is 2.30 bits per heavy atom. The van der Waals surface area contributed by atoms with Crippen LogP contribution >= 0.6 is 0 Å². The second kappa shape index (κ2) is 8.32. The zero-order valence-corrected chi connectivity index (χ0v) is 17.1. The van der Waals surface area contributed by atoms with Gasteiger partial charge in [-0.25, -0.2) is 0 Å². The monoisotopic (exact) mass is 370 g/mol. The summed E-state index contributed by atoms with van der Waals surface area (Å²) in [5.74, 6) is 1.06. The Bertz CT molecular complexity index is 658. The van der Waals surface area contributed by atoms with Gasteiger partial charge in [0.15, 0.2) is 5.96 Å². The van der Waals surface area contributed by atoms with Gasteiger partial charge >= 0.3 is 0 Å². The lowest BCUT2D eigenvalue weighted by Gasteiger charge is -2.29. The number of aliphatic imine (C=N–C) groups is 1. The third-order valence-corrected chi connectivity index (χ3v) is 6.14. The Morgan fingerprint density at radius 2 is 1.74 bits per heavy atom. The van der Waals surface area contributed by atoms with Crippen molar-refractivity contribution in [3.05, 3.63) is 35.9 Å². The van der Waals surface area contributed by atoms with Gasteiger partial charge in [0.1, 0.15) is 0 Å². The number of benzene rings is 1. The fourth-order valence-corrected chi connectivity index (χ4v) is 4.30. The van der Waals surface area contributed by atoms with E-state index in [1.54, 1.807) is 4.90 Å². The molecule has 2 saturated carbocycles. The molecule has 0 heterocycles. The van der Waals surface area contributed by atoms with Gasteiger partial charge in [0.05, 0.1) is 12.0 Å². The van der Waals surface area contributed by atoms with Crippen molar-refractivity contribution >= 4 is 11.9 Å². The number of nitrogens with one attached hydrogen (secondary N) is 2. The SMILES string of the molecule is CCNC(=NCC1(C(=O)N(C)C)CCCC1)NCC1(c2ccccc2)CC1. The molecule has 1 aromatic carbocycles. The lowest BCUT2D eigenvalue weighted by atomic mass is 9.85. The number of hydrogen-bond acceptors (Lipinski definition) is 2. The number of carbonyl (C=O) groups excluding carboxylic acids is 1. The van der Waals surface area contributed by atoms with E-state index in [0.29, 0.717) is 6.54 Å². The van der Waals surface area contributed by atoms with Crippen molar-refractivity contribution in [1.82, 2.24) is 15.5 Å². The van der Waals surface area contributed by atoms with Crippen LogP contribution in [0.1, 0.15) is 51.0 Å². The first-order valence-corrected chi connectivity index (χ1v) is 10.3. The normalized spacial score (nSPS) is 20.2. The summed E-state index contributed by atoms with van der Waals surface area (Å²) in [5.41, 5.74) is 1.33. The molecule has 27 heavy (non-hydrogen) atoms. The summed E-state index contributed by atoms with van der Waals surface area (Å²) in [6.45, 7) is 4.35. The Hall–Kier alpha value is -2.04. The highest BCUT2D eigenvalue weighted by Gasteiger charge is 2.44. The van der Waals surface area contributed by atoms with Gasteiger partial charge in [0, 0.05) is 32.6 Å². The molecule has 148 valence electrons. The van der Waals surface area contributed by atoms with Crippen LogP contribution in [0.4, 0.5) is 0 Å². The third-order valence-electron chi connectivity index (χ3n) is 6.14. The first-order valence-electron chi connectivity index (χ1n) is 10.3. The van der Waals surface area contributed by atoms with Crippen molar-refractivity contribution < 1.29 is 4.79 Å². The van der Waals surface area contributed by atoms with Crippen LogP contribution in [0.2, 0.25) is 0 Å². The van der Waals surface area contributed by atoms with Gasteiger partial charge in [-0.1, -0.05) is 43.2 Å². The van der Waals surface area contributed by atoms with Crippen LogP contribution in [0, 0.1) is 5.41 Å². The topological polar surface area (TPSA) is 56.7 Å². The molecule has 0 radical (unpaired) electrons. The predicted octanol–water partition coefficient (Wildman–Crippen LogP) is 2.92. The van der Waals surface area contributed by atoms with Gasteiger partial charge in [0.25, 0.3) is 0 Å². The number of rotatable bonds is 7. The molecule has 5 heteroatoms. The molecule has 1 aromatic rings. The van der Waals surface area contributed by atoms with Gasteiger partial charge in [-0.05, 0) is 38.2 Å². The minimum Gasteiger partial charge on any atom is -0.357 e. The quantitative estimate of drug-likeness (QED) is 0.573. The van der Waals surface area contributed by atoms with Crippen LogP contribution in [-0.4, -0.2) is 50.5 Å². The lowest BCUT2D eigenvalue weighted by molar-refractivity contribution is -0.138. The van der Waals surface area contributed by atoms with Crippen molar-refractivity contribution in [2.24, 2.45) is 10.4 Å². The maximum Gasteiger partial charge on any atom is 0.230 e. The number of amides is 1. The van der Waals surface area contributed by atoms with Gasteiger partial charge in [-0.3, -0.25) is 9.79 Å². The summed E-state index contributed by atoms with van der Waals surface area (Å²) in [7, 11) is 3.71. The predicted molar refractivity (Wildman–Crippen MR) is 111 cm³/mol. The Kier molecular flexibility index (Phi) is 6.08. The van der Waals surface area contributed by atoms with Crippen LogP contribution in [0.25, 0.3) is 0 Å². The number of nitrogens with zero attached hydrogens (tertiary/aromatic N) is 2. The van der Waals surface area contributed by atoms with Crippen molar-refractivity contribution in [1.29, 1.82) is 0 Å². The minimum atomic E-state index is -0.317. The fraction of sp³-hybridized carbons (Fsp3) is 0.636. The average molecular weight is 371 g/mol. The van der Waals surface area contributed by atoms with Crippen molar-refractivity contribution in [2.75, 3.05) is 33.7 Å². The molecule has 2 N–H and O–H groups in total. The number of guanidine groups is 1. The second-order valence-corrected chi connectivity index (χ2v) is 8.38. The van der Waals surface area contributed by atoms with E-state index in [4.69, 9.17) is 4.99 Å². The molecular formula is C22H34N4O. The third kappa shape index (κ3) is 4.45. The molecule has 0 saturated heterocycles. The first-order chi connectivity index (χ1) is 13.0. The molecular weight excluding hydrogens is 336 g/mol. The zero-order valence-electron chi connectivity index (χ0n) is 17.1. The average Bonchev–Trinajstić information content (AvgIpc) is 3.33. The standard InChI is InChI=1S/C22H34N4O/c1-4-23-20(24-16-21(14-15-21)18-10-6-5-7-11-18)25-17-22(12-8-9-13-22)19(27)26(2)3/h5-7,10-11H,4,8-9,12-17H2,1-3H3,(H2,23,24,25). The van der Waals surface area contributed by atoms with E-state index in [9.17, 15) is 4.79 Å². The van der Waals surface area contributed by atoms with E-state index in [0.717, 1.165) is 44.7 Å². The van der Waals surface area contributed by atoms with E-state index in [-0.39, 0.29) is 16.7 Å². The zero-order chi connectivity index (χ0) is 19.3. The molecule has 0 unspecified atom stereocenters. The molecule has 2 aliphatic carbocycles. The van der Waals surface area contributed by atoms with Crippen molar-refractivity contribution in [3.63, 3.8) is 0 Å². The van der Waals surface area contributed by atoms with Crippen LogP contribution < -0.4 is 10.6 Å².